The number of nitrogens with one attached hydrogen (secondary N) is 1. The second-order valence-electron chi connectivity index (χ2n) is 5.02. The number of amides is 1. The summed E-state index contributed by atoms with van der Waals surface area (Å²) in [5.41, 5.74) is 1.81. The van der Waals surface area contributed by atoms with Gasteiger partial charge in [-0.05, 0) is 48.4 Å². The summed E-state index contributed by atoms with van der Waals surface area (Å²) >= 11 is 5.92. The third-order valence-electron chi connectivity index (χ3n) is 3.27. The molecule has 5 heteroatoms. The van der Waals surface area contributed by atoms with Gasteiger partial charge in [0.1, 0.15) is 0 Å². The lowest BCUT2D eigenvalue weighted by molar-refractivity contribution is -0.116. The minimum Gasteiger partial charge on any atom is -0.493 e. The number of rotatable bonds is 7. The fraction of sp³-hybridized carbons (Fsp3) is 0.211. The maximum atomic E-state index is 11.9. The van der Waals surface area contributed by atoms with Crippen molar-refractivity contribution in [3.05, 3.63) is 64.7 Å². The fourth-order valence-electron chi connectivity index (χ4n) is 2.13. The first kappa shape index (κ1) is 17.9. The molecule has 0 aliphatic heterocycles. The number of carbonyl (C=O) groups is 1. The van der Waals surface area contributed by atoms with Crippen LogP contribution in [0.25, 0.3) is 6.08 Å². The molecular weight excluding hydrogens is 326 g/mol. The maximum Gasteiger partial charge on any atom is 0.244 e. The Kier molecular flexibility index (Phi) is 6.70. The summed E-state index contributed by atoms with van der Waals surface area (Å²) in [4.78, 5) is 11.9. The third-order valence-corrected chi connectivity index (χ3v) is 3.51. The van der Waals surface area contributed by atoms with Gasteiger partial charge in [-0.25, -0.2) is 0 Å². The predicted molar refractivity (Wildman–Crippen MR) is 96.5 cm³/mol. The van der Waals surface area contributed by atoms with Gasteiger partial charge in [-0.3, -0.25) is 4.79 Å². The van der Waals surface area contributed by atoms with Gasteiger partial charge in [-0.1, -0.05) is 29.8 Å². The van der Waals surface area contributed by atoms with Crippen molar-refractivity contribution in [2.24, 2.45) is 0 Å². The van der Waals surface area contributed by atoms with Crippen molar-refractivity contribution in [3.63, 3.8) is 0 Å². The van der Waals surface area contributed by atoms with Crippen molar-refractivity contribution in [2.75, 3.05) is 13.7 Å². The number of halogens is 1. The molecule has 0 atom stereocenters. The number of methoxy groups -OCH3 is 1. The van der Waals surface area contributed by atoms with E-state index in [-0.39, 0.29) is 5.91 Å². The van der Waals surface area contributed by atoms with Crippen molar-refractivity contribution < 1.29 is 14.3 Å². The van der Waals surface area contributed by atoms with Crippen LogP contribution in [0.4, 0.5) is 0 Å². The number of benzene rings is 2. The molecule has 126 valence electrons. The zero-order valence-electron chi connectivity index (χ0n) is 13.7. The molecule has 0 saturated carbocycles. The molecule has 1 amide bonds. The highest BCUT2D eigenvalue weighted by atomic mass is 35.5. The van der Waals surface area contributed by atoms with E-state index in [1.807, 2.05) is 43.3 Å². The largest absolute Gasteiger partial charge is 0.493 e. The van der Waals surface area contributed by atoms with Gasteiger partial charge >= 0.3 is 0 Å². The van der Waals surface area contributed by atoms with Gasteiger partial charge in [0.25, 0.3) is 0 Å². The average molecular weight is 346 g/mol. The number of hydrogen-bond donors (Lipinski definition) is 1. The zero-order chi connectivity index (χ0) is 17.4. The van der Waals surface area contributed by atoms with E-state index < -0.39 is 0 Å². The molecule has 0 spiro atoms. The summed E-state index contributed by atoms with van der Waals surface area (Å²) in [6.45, 7) is 2.88. The molecule has 0 bridgehead atoms. The van der Waals surface area contributed by atoms with E-state index in [9.17, 15) is 4.79 Å². The Hall–Kier alpha value is -2.46. The van der Waals surface area contributed by atoms with Crippen LogP contribution < -0.4 is 14.8 Å². The Morgan fingerprint density at radius 1 is 1.21 bits per heavy atom. The van der Waals surface area contributed by atoms with Crippen molar-refractivity contribution >= 4 is 23.6 Å². The standard InChI is InChI=1S/C19H20ClNO3/c1-3-24-18-12-14(7-9-17(18)23-2)8-10-19(22)21-13-15-5-4-6-16(20)11-15/h4-12H,3,13H2,1-2H3,(H,21,22)/b10-8+. The van der Waals surface area contributed by atoms with Gasteiger partial charge in [0, 0.05) is 17.6 Å². The summed E-state index contributed by atoms with van der Waals surface area (Å²) < 4.78 is 10.8. The number of hydrogen-bond acceptors (Lipinski definition) is 3. The van der Waals surface area contributed by atoms with Crippen LogP contribution in [-0.4, -0.2) is 19.6 Å². The molecule has 1 N–H and O–H groups in total. The lowest BCUT2D eigenvalue weighted by atomic mass is 10.2. The Morgan fingerprint density at radius 2 is 2.04 bits per heavy atom. The average Bonchev–Trinajstić information content (AvgIpc) is 2.59. The molecule has 2 aromatic rings. The van der Waals surface area contributed by atoms with Crippen LogP contribution in [0.1, 0.15) is 18.1 Å². The molecule has 0 fully saturated rings. The lowest BCUT2D eigenvalue weighted by Crippen LogP contribution is -2.20. The zero-order valence-corrected chi connectivity index (χ0v) is 14.5. The predicted octanol–water partition coefficient (Wildman–Crippen LogP) is 4.08. The highest BCUT2D eigenvalue weighted by molar-refractivity contribution is 6.30. The highest BCUT2D eigenvalue weighted by Gasteiger charge is 2.04. The maximum absolute atomic E-state index is 11.9. The summed E-state index contributed by atoms with van der Waals surface area (Å²) in [6.07, 6.45) is 3.22. The fourth-order valence-corrected chi connectivity index (χ4v) is 2.35. The molecule has 2 aromatic carbocycles. The topological polar surface area (TPSA) is 47.6 Å². The summed E-state index contributed by atoms with van der Waals surface area (Å²) in [5, 5.41) is 3.47. The Bertz CT molecular complexity index is 728. The van der Waals surface area contributed by atoms with Crippen LogP contribution in [0.15, 0.2) is 48.5 Å². The van der Waals surface area contributed by atoms with Gasteiger partial charge in [0.2, 0.25) is 5.91 Å². The van der Waals surface area contributed by atoms with Crippen LogP contribution >= 0.6 is 11.6 Å². The summed E-state index contributed by atoms with van der Waals surface area (Å²) in [5.74, 6) is 1.14. The number of ether oxygens (including phenoxy) is 2. The quantitative estimate of drug-likeness (QED) is 0.769. The summed E-state index contributed by atoms with van der Waals surface area (Å²) in [6, 6.07) is 12.9. The molecule has 0 heterocycles. The van der Waals surface area contributed by atoms with Gasteiger partial charge in [-0.2, -0.15) is 0 Å². The first-order chi connectivity index (χ1) is 11.6. The van der Waals surface area contributed by atoms with E-state index in [0.29, 0.717) is 29.7 Å². The molecule has 0 radical (unpaired) electrons. The first-order valence-electron chi connectivity index (χ1n) is 7.63. The van der Waals surface area contributed by atoms with Crippen LogP contribution in [0.3, 0.4) is 0 Å². The van der Waals surface area contributed by atoms with E-state index in [0.717, 1.165) is 11.1 Å². The van der Waals surface area contributed by atoms with Crippen LogP contribution in [0, 0.1) is 0 Å². The first-order valence-corrected chi connectivity index (χ1v) is 8.01. The van der Waals surface area contributed by atoms with E-state index in [2.05, 4.69) is 5.32 Å². The second kappa shape index (κ2) is 8.99. The van der Waals surface area contributed by atoms with Crippen LogP contribution in [0.5, 0.6) is 11.5 Å². The Morgan fingerprint density at radius 3 is 2.75 bits per heavy atom. The Labute approximate surface area is 147 Å². The van der Waals surface area contributed by atoms with Crippen molar-refractivity contribution in [3.8, 4) is 11.5 Å². The van der Waals surface area contributed by atoms with Gasteiger partial charge in [-0.15, -0.1) is 0 Å². The van der Waals surface area contributed by atoms with Gasteiger partial charge < -0.3 is 14.8 Å². The van der Waals surface area contributed by atoms with Crippen molar-refractivity contribution in [1.82, 2.24) is 5.32 Å². The van der Waals surface area contributed by atoms with Gasteiger partial charge in [0.15, 0.2) is 11.5 Å². The Balaban J connectivity index is 1.97. The minimum absolute atomic E-state index is 0.177. The SMILES string of the molecule is CCOc1cc(/C=C/C(=O)NCc2cccc(Cl)c2)ccc1OC. The molecule has 0 unspecified atom stereocenters. The molecule has 0 aliphatic rings. The smallest absolute Gasteiger partial charge is 0.244 e. The van der Waals surface area contributed by atoms with Crippen molar-refractivity contribution in [2.45, 2.75) is 13.5 Å². The van der Waals surface area contributed by atoms with E-state index >= 15 is 0 Å². The highest BCUT2D eigenvalue weighted by Crippen LogP contribution is 2.28. The second-order valence-corrected chi connectivity index (χ2v) is 5.46. The normalized spacial score (nSPS) is 10.6. The molecule has 4 nitrogen and oxygen atoms in total. The van der Waals surface area contributed by atoms with E-state index in [1.165, 1.54) is 6.08 Å². The van der Waals surface area contributed by atoms with Crippen LogP contribution in [-0.2, 0) is 11.3 Å². The molecule has 24 heavy (non-hydrogen) atoms. The number of carbonyl (C=O) groups excluding carboxylic acids is 1. The van der Waals surface area contributed by atoms with E-state index in [4.69, 9.17) is 21.1 Å². The molecular formula is C19H20ClNO3. The van der Waals surface area contributed by atoms with Crippen LogP contribution in [0.2, 0.25) is 5.02 Å². The van der Waals surface area contributed by atoms with Gasteiger partial charge in [0.05, 0.1) is 13.7 Å². The van der Waals surface area contributed by atoms with Crippen molar-refractivity contribution in [1.29, 1.82) is 0 Å². The lowest BCUT2D eigenvalue weighted by Gasteiger charge is -2.09. The summed E-state index contributed by atoms with van der Waals surface area (Å²) in [7, 11) is 1.59. The van der Waals surface area contributed by atoms with E-state index in [1.54, 1.807) is 19.3 Å². The molecule has 0 aliphatic carbocycles. The molecule has 0 saturated heterocycles. The molecule has 2 rings (SSSR count). The monoisotopic (exact) mass is 345 g/mol. The third kappa shape index (κ3) is 5.32. The minimum atomic E-state index is -0.177. The molecule has 0 aromatic heterocycles.